The monoisotopic (exact) mass is 154 g/mol. The van der Waals surface area contributed by atoms with Crippen molar-refractivity contribution in [3.05, 3.63) is 0 Å². The summed E-state index contributed by atoms with van der Waals surface area (Å²) in [6.07, 6.45) is 7.32. The van der Waals surface area contributed by atoms with Gasteiger partial charge in [0.05, 0.1) is 0 Å². The van der Waals surface area contributed by atoms with E-state index in [1.54, 1.807) is 0 Å². The molecule has 0 N–H and O–H groups in total. The van der Waals surface area contributed by atoms with Crippen molar-refractivity contribution in [3.63, 3.8) is 0 Å². The maximum absolute atomic E-state index is 2.41. The summed E-state index contributed by atoms with van der Waals surface area (Å²) < 4.78 is 0. The van der Waals surface area contributed by atoms with Crippen LogP contribution in [-0.4, -0.2) is 0 Å². The van der Waals surface area contributed by atoms with Crippen LogP contribution in [0, 0.1) is 17.8 Å². The van der Waals surface area contributed by atoms with Crippen molar-refractivity contribution in [3.8, 4) is 0 Å². The summed E-state index contributed by atoms with van der Waals surface area (Å²) in [6, 6.07) is 0. The largest absolute Gasteiger partial charge is 0.0625 e. The fourth-order valence-electron chi connectivity index (χ4n) is 2.20. The predicted octanol–water partition coefficient (Wildman–Crippen LogP) is 3.86. The van der Waals surface area contributed by atoms with Gasteiger partial charge in [-0.1, -0.05) is 46.5 Å². The molecular formula is C11H22. The molecule has 66 valence electrons. The molecule has 2 atom stereocenters. The molecule has 0 radical (unpaired) electrons. The molecular weight excluding hydrogens is 132 g/mol. The van der Waals surface area contributed by atoms with E-state index in [2.05, 4.69) is 20.8 Å². The van der Waals surface area contributed by atoms with Gasteiger partial charge in [-0.15, -0.1) is 0 Å². The summed E-state index contributed by atoms with van der Waals surface area (Å²) in [7, 11) is 0. The molecule has 0 amide bonds. The molecule has 0 aromatic carbocycles. The molecule has 1 saturated carbocycles. The fraction of sp³-hybridized carbons (Fsp3) is 1.00. The van der Waals surface area contributed by atoms with Crippen molar-refractivity contribution in [1.29, 1.82) is 0 Å². The highest BCUT2D eigenvalue weighted by Gasteiger charge is 2.15. The van der Waals surface area contributed by atoms with Gasteiger partial charge >= 0.3 is 0 Å². The minimum atomic E-state index is 0.979. The Labute approximate surface area is 71.4 Å². The summed E-state index contributed by atoms with van der Waals surface area (Å²) in [5.41, 5.74) is 0. The van der Waals surface area contributed by atoms with E-state index in [9.17, 15) is 0 Å². The Kier molecular flexibility index (Phi) is 3.42. The predicted molar refractivity (Wildman–Crippen MR) is 50.6 cm³/mol. The third-order valence-electron chi connectivity index (χ3n) is 3.11. The van der Waals surface area contributed by atoms with Crippen molar-refractivity contribution in [2.45, 2.75) is 52.9 Å². The quantitative estimate of drug-likeness (QED) is 0.497. The first-order chi connectivity index (χ1) is 5.18. The second-order valence-electron chi connectivity index (χ2n) is 4.71. The Morgan fingerprint density at radius 2 is 1.00 bits per heavy atom. The average Bonchev–Trinajstić information content (AvgIpc) is 1.95. The van der Waals surface area contributed by atoms with Crippen LogP contribution >= 0.6 is 0 Å². The van der Waals surface area contributed by atoms with Gasteiger partial charge in [0, 0.05) is 0 Å². The molecule has 2 unspecified atom stereocenters. The van der Waals surface area contributed by atoms with Crippen LogP contribution in [0.2, 0.25) is 0 Å². The molecule has 1 fully saturated rings. The van der Waals surface area contributed by atoms with E-state index in [4.69, 9.17) is 0 Å². The van der Waals surface area contributed by atoms with E-state index in [0.29, 0.717) is 0 Å². The lowest BCUT2D eigenvalue weighted by molar-refractivity contribution is 0.286. The molecule has 0 heteroatoms. The third kappa shape index (κ3) is 3.27. The van der Waals surface area contributed by atoms with Crippen molar-refractivity contribution in [2.24, 2.45) is 17.8 Å². The minimum absolute atomic E-state index is 0.979. The second-order valence-corrected chi connectivity index (χ2v) is 4.71. The molecule has 0 spiro atoms. The van der Waals surface area contributed by atoms with Crippen LogP contribution in [0.3, 0.4) is 0 Å². The van der Waals surface area contributed by atoms with Crippen molar-refractivity contribution < 1.29 is 0 Å². The summed E-state index contributed by atoms with van der Waals surface area (Å²) in [5, 5.41) is 0. The van der Waals surface area contributed by atoms with Gasteiger partial charge in [0.2, 0.25) is 0 Å². The SMILES string of the molecule is CC1CCC(C)CC(C)CC1. The maximum atomic E-state index is 2.41. The van der Waals surface area contributed by atoms with E-state index in [1.165, 1.54) is 32.1 Å². The Hall–Kier alpha value is 0. The zero-order valence-electron chi connectivity index (χ0n) is 8.27. The van der Waals surface area contributed by atoms with Gasteiger partial charge < -0.3 is 0 Å². The first kappa shape index (κ1) is 9.09. The highest BCUT2D eigenvalue weighted by molar-refractivity contribution is 4.67. The van der Waals surface area contributed by atoms with Crippen molar-refractivity contribution in [1.82, 2.24) is 0 Å². The summed E-state index contributed by atoms with van der Waals surface area (Å²) in [5.74, 6) is 2.95. The Morgan fingerprint density at radius 3 is 1.45 bits per heavy atom. The summed E-state index contributed by atoms with van der Waals surface area (Å²) in [4.78, 5) is 0. The Morgan fingerprint density at radius 1 is 0.636 bits per heavy atom. The highest BCUT2D eigenvalue weighted by Crippen LogP contribution is 2.28. The highest BCUT2D eigenvalue weighted by atomic mass is 14.2. The number of hydrogen-bond donors (Lipinski definition) is 0. The zero-order valence-corrected chi connectivity index (χ0v) is 8.27. The van der Waals surface area contributed by atoms with Gasteiger partial charge in [0.15, 0.2) is 0 Å². The van der Waals surface area contributed by atoms with Crippen LogP contribution in [0.15, 0.2) is 0 Å². The fourth-order valence-corrected chi connectivity index (χ4v) is 2.20. The van der Waals surface area contributed by atoms with Crippen LogP contribution < -0.4 is 0 Å². The lowest BCUT2D eigenvalue weighted by atomic mass is 9.82. The van der Waals surface area contributed by atoms with Gasteiger partial charge in [0.25, 0.3) is 0 Å². The zero-order chi connectivity index (χ0) is 8.27. The normalized spacial score (nSPS) is 41.2. The van der Waals surface area contributed by atoms with E-state index in [1.807, 2.05) is 0 Å². The summed E-state index contributed by atoms with van der Waals surface area (Å²) in [6.45, 7) is 7.23. The molecule has 0 aromatic heterocycles. The Balaban J connectivity index is 2.34. The molecule has 0 aliphatic heterocycles. The first-order valence-electron chi connectivity index (χ1n) is 5.18. The topological polar surface area (TPSA) is 0 Å². The minimum Gasteiger partial charge on any atom is -0.0625 e. The van der Waals surface area contributed by atoms with E-state index >= 15 is 0 Å². The van der Waals surface area contributed by atoms with Gasteiger partial charge in [-0.25, -0.2) is 0 Å². The lowest BCUT2D eigenvalue weighted by Crippen LogP contribution is -2.10. The number of hydrogen-bond acceptors (Lipinski definition) is 0. The van der Waals surface area contributed by atoms with Crippen LogP contribution in [0.1, 0.15) is 52.9 Å². The smallest absolute Gasteiger partial charge is 0.0440 e. The van der Waals surface area contributed by atoms with Crippen LogP contribution in [-0.2, 0) is 0 Å². The molecule has 1 rings (SSSR count). The standard InChI is InChI=1S/C11H22/c1-9-4-6-10(2)8-11(3)7-5-9/h9-11H,4-8H2,1-3H3. The van der Waals surface area contributed by atoms with Crippen molar-refractivity contribution in [2.75, 3.05) is 0 Å². The van der Waals surface area contributed by atoms with Crippen LogP contribution in [0.5, 0.6) is 0 Å². The molecule has 0 heterocycles. The first-order valence-corrected chi connectivity index (χ1v) is 5.18. The number of rotatable bonds is 0. The lowest BCUT2D eigenvalue weighted by Gasteiger charge is -2.24. The van der Waals surface area contributed by atoms with Gasteiger partial charge in [-0.3, -0.25) is 0 Å². The molecule has 0 bridgehead atoms. The molecule has 1 aliphatic carbocycles. The van der Waals surface area contributed by atoms with E-state index in [-0.39, 0.29) is 0 Å². The molecule has 0 saturated heterocycles. The Bertz CT molecular complexity index is 94.6. The van der Waals surface area contributed by atoms with Crippen LogP contribution in [0.25, 0.3) is 0 Å². The van der Waals surface area contributed by atoms with Gasteiger partial charge in [0.1, 0.15) is 0 Å². The van der Waals surface area contributed by atoms with Crippen LogP contribution in [0.4, 0.5) is 0 Å². The van der Waals surface area contributed by atoms with Crippen molar-refractivity contribution >= 4 is 0 Å². The molecule has 1 aliphatic rings. The van der Waals surface area contributed by atoms with E-state index < -0.39 is 0 Å². The average molecular weight is 154 g/mol. The third-order valence-corrected chi connectivity index (χ3v) is 3.11. The molecule has 11 heavy (non-hydrogen) atoms. The summed E-state index contributed by atoms with van der Waals surface area (Å²) >= 11 is 0. The maximum Gasteiger partial charge on any atom is -0.0440 e. The second kappa shape index (κ2) is 4.13. The van der Waals surface area contributed by atoms with Gasteiger partial charge in [-0.05, 0) is 24.2 Å². The molecule has 0 nitrogen and oxygen atoms in total. The van der Waals surface area contributed by atoms with E-state index in [0.717, 1.165) is 17.8 Å². The molecule has 0 aromatic rings. The van der Waals surface area contributed by atoms with Gasteiger partial charge in [-0.2, -0.15) is 0 Å².